The molecule has 180 valence electrons. The van der Waals surface area contributed by atoms with Gasteiger partial charge in [-0.1, -0.05) is 61.9 Å². The van der Waals surface area contributed by atoms with E-state index >= 15 is 0 Å². The standard InChI is InChI=1S/C27H32N2O5/c1-4-14-26(2,23(30)29-16-9-15-27(29,3)24(31)32)28-25(33)34-17-22-20-12-7-5-10-18(20)19-11-6-8-13-21(19)22/h5-8,10-13,22H,4,9,14-17H2,1-3H3,(H,28,33)(H,31,32)/t26?,27-/m0/s1. The Morgan fingerprint density at radius 2 is 1.71 bits per heavy atom. The van der Waals surface area contributed by atoms with Crippen LogP contribution in [0.2, 0.25) is 0 Å². The summed E-state index contributed by atoms with van der Waals surface area (Å²) in [5, 5.41) is 12.5. The molecule has 2 N–H and O–H groups in total. The first-order chi connectivity index (χ1) is 16.2. The van der Waals surface area contributed by atoms with Gasteiger partial charge in [0.25, 0.3) is 0 Å². The lowest BCUT2D eigenvalue weighted by Gasteiger charge is -2.39. The Kier molecular flexibility index (Phi) is 6.39. The van der Waals surface area contributed by atoms with Crippen molar-refractivity contribution >= 4 is 18.0 Å². The van der Waals surface area contributed by atoms with Gasteiger partial charge in [0.05, 0.1) is 0 Å². The Balaban J connectivity index is 1.49. The largest absolute Gasteiger partial charge is 0.480 e. The Morgan fingerprint density at radius 1 is 1.12 bits per heavy atom. The lowest BCUT2D eigenvalue weighted by atomic mass is 9.91. The van der Waals surface area contributed by atoms with E-state index in [1.54, 1.807) is 13.8 Å². The second-order valence-electron chi connectivity index (χ2n) is 9.67. The fourth-order valence-corrected chi connectivity index (χ4v) is 5.39. The van der Waals surface area contributed by atoms with Crippen LogP contribution in [0, 0.1) is 0 Å². The van der Waals surface area contributed by atoms with Crippen LogP contribution >= 0.6 is 0 Å². The molecule has 1 unspecified atom stereocenters. The van der Waals surface area contributed by atoms with Gasteiger partial charge in [-0.25, -0.2) is 9.59 Å². The molecule has 2 amide bonds. The third-order valence-electron chi connectivity index (χ3n) is 7.29. The smallest absolute Gasteiger partial charge is 0.408 e. The van der Waals surface area contributed by atoms with Gasteiger partial charge in [-0.05, 0) is 55.4 Å². The van der Waals surface area contributed by atoms with E-state index in [2.05, 4.69) is 17.4 Å². The zero-order valence-electron chi connectivity index (χ0n) is 20.0. The van der Waals surface area contributed by atoms with Gasteiger partial charge < -0.3 is 20.1 Å². The lowest BCUT2D eigenvalue weighted by Crippen LogP contribution is -2.62. The van der Waals surface area contributed by atoms with Crippen molar-refractivity contribution in [3.63, 3.8) is 0 Å². The van der Waals surface area contributed by atoms with E-state index in [0.717, 1.165) is 22.3 Å². The minimum Gasteiger partial charge on any atom is -0.480 e. The van der Waals surface area contributed by atoms with Gasteiger partial charge in [0.15, 0.2) is 0 Å². The highest BCUT2D eigenvalue weighted by atomic mass is 16.5. The molecule has 1 heterocycles. The molecular formula is C27H32N2O5. The molecule has 0 bridgehead atoms. The van der Waals surface area contributed by atoms with Gasteiger partial charge in [0.2, 0.25) is 5.91 Å². The van der Waals surface area contributed by atoms with E-state index in [-0.39, 0.29) is 18.4 Å². The minimum atomic E-state index is -1.27. The van der Waals surface area contributed by atoms with Crippen molar-refractivity contribution in [2.24, 2.45) is 0 Å². The first-order valence-electron chi connectivity index (χ1n) is 11.9. The van der Waals surface area contributed by atoms with Crippen molar-refractivity contribution in [1.29, 1.82) is 0 Å². The number of alkyl carbamates (subject to hydrolysis) is 1. The summed E-state index contributed by atoms with van der Waals surface area (Å²) in [5.41, 5.74) is 1.98. The van der Waals surface area contributed by atoms with Crippen LogP contribution in [-0.4, -0.2) is 52.2 Å². The molecule has 7 nitrogen and oxygen atoms in total. The number of benzene rings is 2. The molecule has 2 aromatic rings. The van der Waals surface area contributed by atoms with Gasteiger partial charge in [0.1, 0.15) is 17.7 Å². The normalized spacial score (nSPS) is 20.9. The second kappa shape index (κ2) is 9.12. The maximum Gasteiger partial charge on any atom is 0.408 e. The fourth-order valence-electron chi connectivity index (χ4n) is 5.39. The molecule has 7 heteroatoms. The summed E-state index contributed by atoms with van der Waals surface area (Å²) >= 11 is 0. The topological polar surface area (TPSA) is 95.9 Å². The monoisotopic (exact) mass is 464 g/mol. The van der Waals surface area contributed by atoms with Crippen molar-refractivity contribution < 1.29 is 24.2 Å². The molecule has 1 saturated heterocycles. The van der Waals surface area contributed by atoms with Crippen LogP contribution in [0.4, 0.5) is 4.79 Å². The molecule has 0 spiro atoms. The molecule has 0 saturated carbocycles. The molecule has 0 radical (unpaired) electrons. The first kappa shape index (κ1) is 23.8. The van der Waals surface area contributed by atoms with E-state index in [1.807, 2.05) is 43.3 Å². The van der Waals surface area contributed by atoms with Crippen molar-refractivity contribution in [2.45, 2.75) is 63.5 Å². The highest BCUT2D eigenvalue weighted by Gasteiger charge is 2.50. The Morgan fingerprint density at radius 3 is 2.26 bits per heavy atom. The number of carboxylic acids is 1. The predicted molar refractivity (Wildman–Crippen MR) is 129 cm³/mol. The number of likely N-dealkylation sites (tertiary alicyclic amines) is 1. The number of carboxylic acid groups (broad SMARTS) is 1. The molecular weight excluding hydrogens is 432 g/mol. The molecule has 2 aromatic carbocycles. The van der Waals surface area contributed by atoms with E-state index in [9.17, 15) is 19.5 Å². The number of hydrogen-bond acceptors (Lipinski definition) is 4. The van der Waals surface area contributed by atoms with Crippen LogP contribution in [0.5, 0.6) is 0 Å². The SMILES string of the molecule is CCCC(C)(NC(=O)OCC1c2ccccc2-c2ccccc21)C(=O)N1CCC[C@@]1(C)C(=O)O. The first-order valence-corrected chi connectivity index (χ1v) is 11.9. The molecule has 0 aromatic heterocycles. The van der Waals surface area contributed by atoms with Crippen LogP contribution in [-0.2, 0) is 14.3 Å². The number of carbonyl (C=O) groups is 3. The number of nitrogens with zero attached hydrogens (tertiary/aromatic N) is 1. The molecule has 1 aliphatic carbocycles. The molecule has 1 aliphatic heterocycles. The number of rotatable bonds is 7. The maximum atomic E-state index is 13.5. The van der Waals surface area contributed by atoms with E-state index in [1.165, 1.54) is 4.90 Å². The van der Waals surface area contributed by atoms with Gasteiger partial charge in [-0.3, -0.25) is 4.79 Å². The van der Waals surface area contributed by atoms with Gasteiger partial charge in [-0.2, -0.15) is 0 Å². The predicted octanol–water partition coefficient (Wildman–Crippen LogP) is 4.55. The fraction of sp³-hybridized carbons (Fsp3) is 0.444. The Labute approximate surface area is 200 Å². The van der Waals surface area contributed by atoms with Crippen molar-refractivity contribution in [1.82, 2.24) is 10.2 Å². The number of carbonyl (C=O) groups excluding carboxylic acids is 2. The molecule has 2 atom stereocenters. The average Bonchev–Trinajstić information content (AvgIpc) is 3.36. The van der Waals surface area contributed by atoms with Gasteiger partial charge in [0, 0.05) is 12.5 Å². The number of fused-ring (bicyclic) bond motifs is 3. The summed E-state index contributed by atoms with van der Waals surface area (Å²) < 4.78 is 5.66. The zero-order valence-corrected chi connectivity index (χ0v) is 20.0. The lowest BCUT2D eigenvalue weighted by molar-refractivity contribution is -0.158. The van der Waals surface area contributed by atoms with Gasteiger partial charge in [-0.15, -0.1) is 0 Å². The van der Waals surface area contributed by atoms with Crippen LogP contribution in [0.25, 0.3) is 11.1 Å². The molecule has 34 heavy (non-hydrogen) atoms. The van der Waals surface area contributed by atoms with Crippen molar-refractivity contribution in [3.8, 4) is 11.1 Å². The third kappa shape index (κ3) is 4.04. The van der Waals surface area contributed by atoms with Crippen molar-refractivity contribution in [2.75, 3.05) is 13.2 Å². The van der Waals surface area contributed by atoms with Gasteiger partial charge >= 0.3 is 12.1 Å². The van der Waals surface area contributed by atoms with E-state index in [0.29, 0.717) is 32.2 Å². The summed E-state index contributed by atoms with van der Waals surface area (Å²) in [5.74, 6) is -1.50. The summed E-state index contributed by atoms with van der Waals surface area (Å²) in [6.07, 6.45) is 1.34. The third-order valence-corrected chi connectivity index (χ3v) is 7.29. The highest BCUT2D eigenvalue weighted by Crippen LogP contribution is 2.44. The average molecular weight is 465 g/mol. The maximum absolute atomic E-state index is 13.5. The molecule has 2 aliphatic rings. The van der Waals surface area contributed by atoms with Crippen LogP contribution in [0.1, 0.15) is 63.5 Å². The summed E-state index contributed by atoms with van der Waals surface area (Å²) in [6, 6.07) is 16.2. The number of hydrogen-bond donors (Lipinski definition) is 2. The number of ether oxygens (including phenoxy) is 1. The Hall–Kier alpha value is -3.35. The number of amides is 2. The summed E-state index contributed by atoms with van der Waals surface area (Å²) in [4.78, 5) is 39.7. The quantitative estimate of drug-likeness (QED) is 0.627. The minimum absolute atomic E-state index is 0.0832. The Bertz CT molecular complexity index is 1070. The number of aliphatic carboxylic acids is 1. The molecule has 4 rings (SSSR count). The summed E-state index contributed by atoms with van der Waals surface area (Å²) in [6.45, 7) is 5.65. The highest BCUT2D eigenvalue weighted by molar-refractivity contribution is 5.94. The summed E-state index contributed by atoms with van der Waals surface area (Å²) in [7, 11) is 0. The number of nitrogens with one attached hydrogen (secondary N) is 1. The van der Waals surface area contributed by atoms with Crippen molar-refractivity contribution in [3.05, 3.63) is 59.7 Å². The van der Waals surface area contributed by atoms with Crippen LogP contribution in [0.15, 0.2) is 48.5 Å². The molecule has 1 fully saturated rings. The second-order valence-corrected chi connectivity index (χ2v) is 9.67. The zero-order chi connectivity index (χ0) is 24.5. The van der Waals surface area contributed by atoms with Crippen LogP contribution < -0.4 is 5.32 Å². The van der Waals surface area contributed by atoms with Crippen LogP contribution in [0.3, 0.4) is 0 Å². The van der Waals surface area contributed by atoms with E-state index in [4.69, 9.17) is 4.74 Å². The van der Waals surface area contributed by atoms with E-state index < -0.39 is 23.1 Å².